The van der Waals surface area contributed by atoms with E-state index in [1.165, 1.54) is 6.20 Å². The van der Waals surface area contributed by atoms with Crippen LogP contribution in [0.25, 0.3) is 27.7 Å². The summed E-state index contributed by atoms with van der Waals surface area (Å²) in [5.74, 6) is -0.350. The molecule has 0 saturated heterocycles. The van der Waals surface area contributed by atoms with E-state index in [1.807, 2.05) is 67.6 Å². The summed E-state index contributed by atoms with van der Waals surface area (Å²) in [5, 5.41) is 11.3. The normalized spacial score (nSPS) is 11.9. The number of benzene rings is 2. The monoisotopic (exact) mass is 450 g/mol. The summed E-state index contributed by atoms with van der Waals surface area (Å²) in [4.78, 5) is 35.2. The van der Waals surface area contributed by atoms with Gasteiger partial charge in [0.05, 0.1) is 22.8 Å². The fraction of sp³-hybridized carbons (Fsp3) is 0.115. The lowest BCUT2D eigenvalue weighted by molar-refractivity contribution is 0.0932. The van der Waals surface area contributed by atoms with Crippen LogP contribution in [0.4, 0.5) is 0 Å². The number of aromatic nitrogens is 5. The summed E-state index contributed by atoms with van der Waals surface area (Å²) < 4.78 is 1.65. The van der Waals surface area contributed by atoms with Crippen LogP contribution in [0.2, 0.25) is 0 Å². The number of nitrogens with zero attached hydrogens (tertiary/aromatic N) is 4. The van der Waals surface area contributed by atoms with Crippen molar-refractivity contribution >= 4 is 16.7 Å². The summed E-state index contributed by atoms with van der Waals surface area (Å²) in [6.45, 7) is 3.59. The van der Waals surface area contributed by atoms with Gasteiger partial charge in [0.25, 0.3) is 11.5 Å². The molecule has 34 heavy (non-hydrogen) atoms. The number of pyridine rings is 1. The molecule has 0 spiro atoms. The molecule has 0 aliphatic carbocycles. The van der Waals surface area contributed by atoms with Gasteiger partial charge in [-0.3, -0.25) is 24.2 Å². The summed E-state index contributed by atoms with van der Waals surface area (Å²) in [7, 11) is 0. The van der Waals surface area contributed by atoms with E-state index in [1.54, 1.807) is 23.9 Å². The Kier molecular flexibility index (Phi) is 5.47. The minimum absolute atomic E-state index is 0.180. The van der Waals surface area contributed by atoms with Gasteiger partial charge in [-0.1, -0.05) is 36.4 Å². The second-order valence-corrected chi connectivity index (χ2v) is 7.97. The maximum atomic E-state index is 14.0. The summed E-state index contributed by atoms with van der Waals surface area (Å²) in [6, 6.07) is 18.4. The third-order valence-electron chi connectivity index (χ3n) is 5.77. The van der Waals surface area contributed by atoms with E-state index in [4.69, 9.17) is 0 Å². The lowest BCUT2D eigenvalue weighted by atomic mass is 10.0. The lowest BCUT2D eigenvalue weighted by Crippen LogP contribution is -2.33. The number of aryl methyl sites for hydroxylation is 1. The second-order valence-electron chi connectivity index (χ2n) is 7.97. The number of fused-ring (bicyclic) bond motifs is 1. The number of carbonyl (C=O) groups excluding carboxylic acids is 1. The maximum absolute atomic E-state index is 14.0. The number of rotatable bonds is 5. The third-order valence-corrected chi connectivity index (χ3v) is 5.77. The molecule has 0 radical (unpaired) electrons. The highest BCUT2D eigenvalue weighted by Gasteiger charge is 2.21. The molecule has 0 aliphatic heterocycles. The molecule has 168 valence electrons. The minimum Gasteiger partial charge on any atom is -0.343 e. The van der Waals surface area contributed by atoms with E-state index < -0.39 is 6.04 Å². The van der Waals surface area contributed by atoms with Gasteiger partial charge in [0.2, 0.25) is 0 Å². The van der Waals surface area contributed by atoms with Gasteiger partial charge in [-0.05, 0) is 43.5 Å². The van der Waals surface area contributed by atoms with Crippen LogP contribution in [-0.4, -0.2) is 30.6 Å². The maximum Gasteiger partial charge on any atom is 0.272 e. The molecule has 0 aliphatic rings. The number of amides is 1. The van der Waals surface area contributed by atoms with E-state index in [0.717, 1.165) is 16.6 Å². The summed E-state index contributed by atoms with van der Waals surface area (Å²) >= 11 is 0. The molecule has 5 rings (SSSR count). The van der Waals surface area contributed by atoms with Crippen molar-refractivity contribution in [1.29, 1.82) is 0 Å². The van der Waals surface area contributed by atoms with Crippen molar-refractivity contribution in [3.8, 4) is 16.9 Å². The standard InChI is InChI=1S/C26H22N6O2/c1-16(30-25(33)24-17(2)27-13-14-28-24)22-15-18-7-6-10-20(21-11-12-29-31-21)23(18)26(34)32(22)19-8-4-3-5-9-19/h3-16H,1-2H3,(H,29,31)(H,30,33)/t16-/m0/s1. The summed E-state index contributed by atoms with van der Waals surface area (Å²) in [6.07, 6.45) is 4.69. The Morgan fingerprint density at radius 3 is 2.53 bits per heavy atom. The van der Waals surface area contributed by atoms with E-state index >= 15 is 0 Å². The van der Waals surface area contributed by atoms with E-state index in [2.05, 4.69) is 25.5 Å². The van der Waals surface area contributed by atoms with Crippen LogP contribution in [0.5, 0.6) is 0 Å². The molecule has 0 fully saturated rings. The van der Waals surface area contributed by atoms with Gasteiger partial charge in [-0.2, -0.15) is 5.10 Å². The molecule has 8 heteroatoms. The first-order valence-corrected chi connectivity index (χ1v) is 10.9. The fourth-order valence-corrected chi connectivity index (χ4v) is 4.14. The molecule has 0 saturated carbocycles. The largest absolute Gasteiger partial charge is 0.343 e. The highest BCUT2D eigenvalue weighted by molar-refractivity contribution is 5.96. The van der Waals surface area contributed by atoms with Gasteiger partial charge in [-0.15, -0.1) is 0 Å². The Morgan fingerprint density at radius 2 is 1.79 bits per heavy atom. The average Bonchev–Trinajstić information content (AvgIpc) is 3.39. The Bertz CT molecular complexity index is 1540. The molecule has 8 nitrogen and oxygen atoms in total. The van der Waals surface area contributed by atoms with Crippen molar-refractivity contribution < 1.29 is 4.79 Å². The van der Waals surface area contributed by atoms with Gasteiger partial charge in [0, 0.05) is 35.5 Å². The van der Waals surface area contributed by atoms with Gasteiger partial charge in [-0.25, -0.2) is 4.98 Å². The van der Waals surface area contributed by atoms with Crippen molar-refractivity contribution in [3.05, 3.63) is 107 Å². The van der Waals surface area contributed by atoms with Gasteiger partial charge in [0.15, 0.2) is 0 Å². The molecule has 1 amide bonds. The zero-order valence-corrected chi connectivity index (χ0v) is 18.7. The van der Waals surface area contributed by atoms with Crippen molar-refractivity contribution in [2.45, 2.75) is 19.9 Å². The number of hydrogen-bond acceptors (Lipinski definition) is 5. The molecular weight excluding hydrogens is 428 g/mol. The number of hydrogen-bond donors (Lipinski definition) is 2. The van der Waals surface area contributed by atoms with Gasteiger partial charge < -0.3 is 5.32 Å². The first-order chi connectivity index (χ1) is 16.5. The first kappa shape index (κ1) is 21.3. The molecule has 0 unspecified atom stereocenters. The smallest absolute Gasteiger partial charge is 0.272 e. The number of para-hydroxylation sites is 1. The quantitative estimate of drug-likeness (QED) is 0.422. The Labute approximate surface area is 195 Å². The van der Waals surface area contributed by atoms with Gasteiger partial charge >= 0.3 is 0 Å². The molecule has 3 aromatic heterocycles. The van der Waals surface area contributed by atoms with Crippen LogP contribution < -0.4 is 10.9 Å². The fourth-order valence-electron chi connectivity index (χ4n) is 4.14. The van der Waals surface area contributed by atoms with Crippen molar-refractivity contribution in [2.24, 2.45) is 0 Å². The molecule has 5 aromatic rings. The lowest BCUT2D eigenvalue weighted by Gasteiger charge is -2.21. The highest BCUT2D eigenvalue weighted by Crippen LogP contribution is 2.28. The Hall–Kier alpha value is -4.59. The number of H-pyrrole nitrogens is 1. The molecule has 1 atom stereocenters. The van der Waals surface area contributed by atoms with E-state index in [9.17, 15) is 9.59 Å². The average molecular weight is 451 g/mol. The first-order valence-electron chi connectivity index (χ1n) is 10.9. The molecule has 2 aromatic carbocycles. The Balaban J connectivity index is 1.69. The molecular formula is C26H22N6O2. The predicted molar refractivity (Wildman–Crippen MR) is 130 cm³/mol. The van der Waals surface area contributed by atoms with Crippen molar-refractivity contribution in [1.82, 2.24) is 30.0 Å². The zero-order chi connectivity index (χ0) is 23.7. The highest BCUT2D eigenvalue weighted by atomic mass is 16.2. The van der Waals surface area contributed by atoms with E-state index in [-0.39, 0.29) is 17.2 Å². The van der Waals surface area contributed by atoms with Crippen LogP contribution in [0.15, 0.2) is 84.0 Å². The molecule has 2 N–H and O–H groups in total. The van der Waals surface area contributed by atoms with Crippen molar-refractivity contribution in [2.75, 3.05) is 0 Å². The van der Waals surface area contributed by atoms with E-state index in [0.29, 0.717) is 22.5 Å². The zero-order valence-electron chi connectivity index (χ0n) is 18.7. The number of carbonyl (C=O) groups is 1. The number of aromatic amines is 1. The second kappa shape index (κ2) is 8.74. The number of nitrogens with one attached hydrogen (secondary N) is 2. The SMILES string of the molecule is Cc1nccnc1C(=O)N[C@@H](C)c1cc2cccc(-c3ccn[nH]3)c2c(=O)n1-c1ccccc1. The third kappa shape index (κ3) is 3.75. The van der Waals surface area contributed by atoms with Crippen LogP contribution in [0.1, 0.15) is 34.8 Å². The Morgan fingerprint density at radius 1 is 1.00 bits per heavy atom. The minimum atomic E-state index is -0.484. The van der Waals surface area contributed by atoms with Gasteiger partial charge in [0.1, 0.15) is 5.69 Å². The topological polar surface area (TPSA) is 106 Å². The van der Waals surface area contributed by atoms with Crippen LogP contribution >= 0.6 is 0 Å². The van der Waals surface area contributed by atoms with Crippen molar-refractivity contribution in [3.63, 3.8) is 0 Å². The van der Waals surface area contributed by atoms with Crippen LogP contribution in [0.3, 0.4) is 0 Å². The van der Waals surface area contributed by atoms with Crippen LogP contribution in [-0.2, 0) is 0 Å². The van der Waals surface area contributed by atoms with Crippen LogP contribution in [0, 0.1) is 6.92 Å². The molecule has 3 heterocycles. The predicted octanol–water partition coefficient (Wildman–Crippen LogP) is 3.97. The summed E-state index contributed by atoms with van der Waals surface area (Å²) in [5.41, 5.74) is 3.50. The molecule has 0 bridgehead atoms.